The van der Waals surface area contributed by atoms with Crippen LogP contribution in [0.4, 0.5) is 5.69 Å². The molecule has 0 bridgehead atoms. The van der Waals surface area contributed by atoms with Crippen molar-refractivity contribution in [2.45, 2.75) is 39.8 Å². The molecule has 0 saturated heterocycles. The number of hydrogen-bond donors (Lipinski definition) is 1. The van der Waals surface area contributed by atoms with Crippen molar-refractivity contribution in [1.29, 1.82) is 0 Å². The maximum atomic E-state index is 11.7. The molecule has 1 N–H and O–H groups in total. The fourth-order valence-electron chi connectivity index (χ4n) is 1.75. The van der Waals surface area contributed by atoms with E-state index in [0.29, 0.717) is 24.7 Å². The molecule has 0 spiro atoms. The highest BCUT2D eigenvalue weighted by Crippen LogP contribution is 2.26. The number of nitrogens with one attached hydrogen (secondary N) is 1. The van der Waals surface area contributed by atoms with Crippen LogP contribution in [0.5, 0.6) is 5.75 Å². The first-order chi connectivity index (χ1) is 10.5. The van der Waals surface area contributed by atoms with Gasteiger partial charge in [0.15, 0.2) is 6.10 Å². The van der Waals surface area contributed by atoms with Crippen molar-refractivity contribution in [3.8, 4) is 5.75 Å². The summed E-state index contributed by atoms with van der Waals surface area (Å²) in [5.74, 6) is -0.314. The molecule has 0 aromatic heterocycles. The second-order valence-electron chi connectivity index (χ2n) is 4.63. The molecule has 1 aromatic carbocycles. The van der Waals surface area contributed by atoms with E-state index in [4.69, 9.17) is 14.2 Å². The Bertz CT molecular complexity index is 458. The molecule has 1 aromatic rings. The molecule has 2 unspecified atom stereocenters. The van der Waals surface area contributed by atoms with Gasteiger partial charge in [-0.05, 0) is 39.8 Å². The van der Waals surface area contributed by atoms with Gasteiger partial charge in [-0.3, -0.25) is 0 Å². The van der Waals surface area contributed by atoms with Gasteiger partial charge < -0.3 is 19.5 Å². The van der Waals surface area contributed by atoms with Crippen LogP contribution in [0.2, 0.25) is 0 Å². The molecule has 0 aliphatic rings. The van der Waals surface area contributed by atoms with Crippen LogP contribution in [0.1, 0.15) is 27.7 Å². The second kappa shape index (κ2) is 8.92. The van der Waals surface area contributed by atoms with Crippen LogP contribution in [0, 0.1) is 0 Å². The third-order valence-electron chi connectivity index (χ3n) is 2.82. The van der Waals surface area contributed by atoms with Crippen molar-refractivity contribution in [2.75, 3.05) is 18.5 Å². The van der Waals surface area contributed by atoms with Gasteiger partial charge in [0, 0.05) is 0 Å². The van der Waals surface area contributed by atoms with E-state index < -0.39 is 18.1 Å². The average molecular weight is 309 g/mol. The summed E-state index contributed by atoms with van der Waals surface area (Å²) in [6, 6.07) is 6.55. The Labute approximate surface area is 130 Å². The molecule has 0 aliphatic carbocycles. The lowest BCUT2D eigenvalue weighted by atomic mass is 10.2. The first-order valence-electron chi connectivity index (χ1n) is 7.35. The Hall–Kier alpha value is -2.24. The van der Waals surface area contributed by atoms with E-state index in [1.807, 2.05) is 6.07 Å². The number of carbonyl (C=O) groups excluding carboxylic acids is 2. The number of para-hydroxylation sites is 2. The van der Waals surface area contributed by atoms with Gasteiger partial charge in [-0.25, -0.2) is 9.59 Å². The standard InChI is InChI=1S/C16H23NO5/c1-5-20-15(18)11(3)17-13-9-7-8-10-14(13)22-12(4)16(19)21-6-2/h7-12,17H,5-6H2,1-4H3. The summed E-state index contributed by atoms with van der Waals surface area (Å²) in [7, 11) is 0. The van der Waals surface area contributed by atoms with Crippen molar-refractivity contribution in [3.63, 3.8) is 0 Å². The highest BCUT2D eigenvalue weighted by atomic mass is 16.6. The molecule has 6 heteroatoms. The molecule has 1 rings (SSSR count). The molecular formula is C16H23NO5. The summed E-state index contributed by atoms with van der Waals surface area (Å²) in [5, 5.41) is 3.02. The van der Waals surface area contributed by atoms with E-state index in [-0.39, 0.29) is 5.97 Å². The first-order valence-corrected chi connectivity index (χ1v) is 7.35. The number of benzene rings is 1. The van der Waals surface area contributed by atoms with Gasteiger partial charge in [-0.1, -0.05) is 12.1 Å². The molecule has 0 radical (unpaired) electrons. The molecule has 6 nitrogen and oxygen atoms in total. The molecule has 0 aliphatic heterocycles. The number of anilines is 1. The summed E-state index contributed by atoms with van der Waals surface area (Å²) < 4.78 is 15.5. The van der Waals surface area contributed by atoms with Crippen LogP contribution >= 0.6 is 0 Å². The molecule has 0 fully saturated rings. The summed E-state index contributed by atoms with van der Waals surface area (Å²) in [6.45, 7) is 7.42. The van der Waals surface area contributed by atoms with Gasteiger partial charge in [0.25, 0.3) is 0 Å². The number of rotatable bonds is 8. The Kier molecular flexibility index (Phi) is 7.22. The van der Waals surface area contributed by atoms with E-state index in [1.165, 1.54) is 0 Å². The van der Waals surface area contributed by atoms with Gasteiger partial charge in [-0.2, -0.15) is 0 Å². The monoisotopic (exact) mass is 309 g/mol. The van der Waals surface area contributed by atoms with E-state index in [9.17, 15) is 9.59 Å². The zero-order valence-corrected chi connectivity index (χ0v) is 13.4. The Balaban J connectivity index is 2.77. The molecule has 22 heavy (non-hydrogen) atoms. The smallest absolute Gasteiger partial charge is 0.347 e. The molecule has 0 amide bonds. The normalized spacial score (nSPS) is 12.9. The lowest BCUT2D eigenvalue weighted by Gasteiger charge is -2.19. The molecule has 0 heterocycles. The van der Waals surface area contributed by atoms with Gasteiger partial charge in [0.05, 0.1) is 18.9 Å². The van der Waals surface area contributed by atoms with Crippen molar-refractivity contribution in [2.24, 2.45) is 0 Å². The molecular weight excluding hydrogens is 286 g/mol. The third-order valence-corrected chi connectivity index (χ3v) is 2.82. The predicted octanol–water partition coefficient (Wildman–Crippen LogP) is 2.38. The largest absolute Gasteiger partial charge is 0.477 e. The number of esters is 2. The third kappa shape index (κ3) is 5.27. The Morgan fingerprint density at radius 1 is 1.05 bits per heavy atom. The molecule has 0 saturated carbocycles. The highest BCUT2D eigenvalue weighted by Gasteiger charge is 2.19. The second-order valence-corrected chi connectivity index (χ2v) is 4.63. The van der Waals surface area contributed by atoms with E-state index in [1.54, 1.807) is 45.9 Å². The van der Waals surface area contributed by atoms with Crippen molar-refractivity contribution < 1.29 is 23.8 Å². The van der Waals surface area contributed by atoms with Gasteiger partial charge in [-0.15, -0.1) is 0 Å². The summed E-state index contributed by atoms with van der Waals surface area (Å²) in [5.41, 5.74) is 0.610. The lowest BCUT2D eigenvalue weighted by molar-refractivity contribution is -0.150. The Morgan fingerprint density at radius 3 is 2.27 bits per heavy atom. The predicted molar refractivity (Wildman–Crippen MR) is 82.9 cm³/mol. The maximum Gasteiger partial charge on any atom is 0.347 e. The van der Waals surface area contributed by atoms with Crippen LogP contribution in [-0.4, -0.2) is 37.3 Å². The minimum atomic E-state index is -0.735. The van der Waals surface area contributed by atoms with Crippen LogP contribution in [0.25, 0.3) is 0 Å². The molecule has 2 atom stereocenters. The van der Waals surface area contributed by atoms with Gasteiger partial charge in [0.2, 0.25) is 0 Å². The van der Waals surface area contributed by atoms with E-state index >= 15 is 0 Å². The quantitative estimate of drug-likeness (QED) is 0.743. The van der Waals surface area contributed by atoms with Crippen LogP contribution < -0.4 is 10.1 Å². The summed E-state index contributed by atoms with van der Waals surface area (Å²) in [6.07, 6.45) is -0.735. The van der Waals surface area contributed by atoms with Crippen molar-refractivity contribution in [3.05, 3.63) is 24.3 Å². The summed E-state index contributed by atoms with van der Waals surface area (Å²) in [4.78, 5) is 23.3. The average Bonchev–Trinajstić information content (AvgIpc) is 2.49. The Morgan fingerprint density at radius 2 is 1.64 bits per heavy atom. The van der Waals surface area contributed by atoms with Crippen LogP contribution in [0.15, 0.2) is 24.3 Å². The van der Waals surface area contributed by atoms with E-state index in [0.717, 1.165) is 0 Å². The zero-order valence-electron chi connectivity index (χ0n) is 13.4. The summed E-state index contributed by atoms with van der Waals surface area (Å²) >= 11 is 0. The highest BCUT2D eigenvalue weighted by molar-refractivity contribution is 5.80. The maximum absolute atomic E-state index is 11.7. The van der Waals surface area contributed by atoms with Crippen molar-refractivity contribution in [1.82, 2.24) is 0 Å². The minimum Gasteiger partial charge on any atom is -0.477 e. The van der Waals surface area contributed by atoms with Crippen molar-refractivity contribution >= 4 is 17.6 Å². The minimum absolute atomic E-state index is 0.298. The van der Waals surface area contributed by atoms with Crippen LogP contribution in [-0.2, 0) is 19.1 Å². The van der Waals surface area contributed by atoms with Gasteiger partial charge >= 0.3 is 11.9 Å². The lowest BCUT2D eigenvalue weighted by Crippen LogP contribution is -2.29. The van der Waals surface area contributed by atoms with E-state index in [2.05, 4.69) is 5.32 Å². The number of hydrogen-bond acceptors (Lipinski definition) is 6. The zero-order chi connectivity index (χ0) is 16.5. The molecule has 122 valence electrons. The van der Waals surface area contributed by atoms with Crippen LogP contribution in [0.3, 0.4) is 0 Å². The number of ether oxygens (including phenoxy) is 3. The first kappa shape index (κ1) is 17.8. The fourth-order valence-corrected chi connectivity index (χ4v) is 1.75. The fraction of sp³-hybridized carbons (Fsp3) is 0.500. The van der Waals surface area contributed by atoms with Gasteiger partial charge in [0.1, 0.15) is 11.8 Å². The number of carbonyl (C=O) groups is 2. The SMILES string of the molecule is CCOC(=O)C(C)Nc1ccccc1OC(C)C(=O)OCC. The topological polar surface area (TPSA) is 73.9 Å².